The van der Waals surface area contributed by atoms with Gasteiger partial charge in [-0.15, -0.1) is 0 Å². The molecule has 98 valence electrons. The Bertz CT molecular complexity index is 345. The van der Waals surface area contributed by atoms with Crippen LogP contribution in [0.15, 0.2) is 10.6 Å². The molecule has 0 aliphatic heterocycles. The van der Waals surface area contributed by atoms with Crippen molar-refractivity contribution in [3.63, 3.8) is 0 Å². The maximum absolute atomic E-state index is 10.7. The highest BCUT2D eigenvalue weighted by Gasteiger charge is 2.24. The summed E-state index contributed by atoms with van der Waals surface area (Å²) in [6.45, 7) is 9.25. The fourth-order valence-corrected chi connectivity index (χ4v) is 0.911. The largest absolute Gasteiger partial charge is 0.395 e. The van der Waals surface area contributed by atoms with Crippen molar-refractivity contribution in [2.75, 3.05) is 11.9 Å². The van der Waals surface area contributed by atoms with Gasteiger partial charge in [0.25, 0.3) is 0 Å². The van der Waals surface area contributed by atoms with Gasteiger partial charge in [0.15, 0.2) is 5.82 Å². The minimum absolute atomic E-state index is 0.0400. The minimum Gasteiger partial charge on any atom is -0.395 e. The molecule has 0 saturated heterocycles. The maximum atomic E-state index is 10.7. The highest BCUT2D eigenvalue weighted by atomic mass is 16.5. The number of anilines is 1. The second-order valence-electron chi connectivity index (χ2n) is 4.51. The van der Waals surface area contributed by atoms with Crippen molar-refractivity contribution >= 4 is 11.7 Å². The van der Waals surface area contributed by atoms with E-state index < -0.39 is 5.41 Å². The van der Waals surface area contributed by atoms with Crippen LogP contribution in [-0.2, 0) is 10.2 Å². The number of hydrogen-bond donors (Lipinski definition) is 2. The van der Waals surface area contributed by atoms with E-state index in [9.17, 15) is 4.79 Å². The molecule has 0 saturated carbocycles. The van der Waals surface area contributed by atoms with Crippen molar-refractivity contribution in [2.24, 2.45) is 0 Å². The molecule has 2 N–H and O–H groups in total. The van der Waals surface area contributed by atoms with Gasteiger partial charge in [-0.05, 0) is 0 Å². The molecule has 0 aliphatic carbocycles. The molecule has 1 heterocycles. The summed E-state index contributed by atoms with van der Waals surface area (Å²) in [4.78, 5) is 10.7. The summed E-state index contributed by atoms with van der Waals surface area (Å²) in [5.74, 6) is 0.712. The zero-order chi connectivity index (χ0) is 13.5. The second kappa shape index (κ2) is 7.06. The van der Waals surface area contributed by atoms with Crippen LogP contribution in [0.3, 0.4) is 0 Å². The van der Waals surface area contributed by atoms with Gasteiger partial charge < -0.3 is 14.9 Å². The number of nitrogens with one attached hydrogen (secondary N) is 1. The highest BCUT2D eigenvalue weighted by molar-refractivity contribution is 5.87. The van der Waals surface area contributed by atoms with Crippen LogP contribution in [0.5, 0.6) is 0 Å². The van der Waals surface area contributed by atoms with E-state index in [0.29, 0.717) is 11.6 Å². The van der Waals surface area contributed by atoms with Gasteiger partial charge in [-0.1, -0.05) is 39.3 Å². The fraction of sp³-hybridized carbons (Fsp3) is 0.667. The van der Waals surface area contributed by atoms with Gasteiger partial charge in [0.1, 0.15) is 5.76 Å². The van der Waals surface area contributed by atoms with Crippen LogP contribution in [0, 0.1) is 0 Å². The minimum atomic E-state index is -0.482. The average molecular weight is 242 g/mol. The third-order valence-electron chi connectivity index (χ3n) is 1.88. The SMILES string of the molecule is CC(=O)Nc1cc(C(C)(C)CO)on1.CCC. The molecule has 5 heteroatoms. The Labute approximate surface area is 102 Å². The molecule has 0 radical (unpaired) electrons. The Morgan fingerprint density at radius 3 is 2.47 bits per heavy atom. The van der Waals surface area contributed by atoms with Gasteiger partial charge in [-0.2, -0.15) is 0 Å². The first-order chi connectivity index (χ1) is 7.87. The summed E-state index contributed by atoms with van der Waals surface area (Å²) in [6, 6.07) is 1.61. The third kappa shape index (κ3) is 5.49. The summed E-state index contributed by atoms with van der Waals surface area (Å²) < 4.78 is 5.00. The molecule has 17 heavy (non-hydrogen) atoms. The van der Waals surface area contributed by atoms with E-state index in [1.807, 2.05) is 13.8 Å². The molecule has 0 spiro atoms. The average Bonchev–Trinajstić information content (AvgIpc) is 2.67. The Morgan fingerprint density at radius 2 is 2.06 bits per heavy atom. The number of carbonyl (C=O) groups is 1. The van der Waals surface area contributed by atoms with E-state index in [1.54, 1.807) is 6.07 Å². The van der Waals surface area contributed by atoms with Crippen LogP contribution >= 0.6 is 0 Å². The van der Waals surface area contributed by atoms with Gasteiger partial charge in [-0.25, -0.2) is 0 Å². The van der Waals surface area contributed by atoms with Crippen molar-refractivity contribution in [3.8, 4) is 0 Å². The molecular formula is C12H22N2O3. The molecule has 0 atom stereocenters. The summed E-state index contributed by atoms with van der Waals surface area (Å²) >= 11 is 0. The first kappa shape index (κ1) is 15.6. The predicted octanol–water partition coefficient (Wildman–Crippen LogP) is 2.32. The zero-order valence-corrected chi connectivity index (χ0v) is 11.2. The molecule has 1 aromatic heterocycles. The molecule has 0 bridgehead atoms. The number of aliphatic hydroxyl groups is 1. The van der Waals surface area contributed by atoms with E-state index >= 15 is 0 Å². The number of hydrogen-bond acceptors (Lipinski definition) is 4. The molecule has 1 amide bonds. The van der Waals surface area contributed by atoms with Crippen LogP contribution in [0.2, 0.25) is 0 Å². The van der Waals surface area contributed by atoms with Gasteiger partial charge in [-0.3, -0.25) is 4.79 Å². The van der Waals surface area contributed by atoms with E-state index in [1.165, 1.54) is 13.3 Å². The lowest BCUT2D eigenvalue weighted by atomic mass is 9.92. The molecular weight excluding hydrogens is 220 g/mol. The molecule has 1 aromatic rings. The number of aliphatic hydroxyl groups excluding tert-OH is 1. The summed E-state index contributed by atoms with van der Waals surface area (Å²) in [7, 11) is 0. The Morgan fingerprint density at radius 1 is 1.53 bits per heavy atom. The molecule has 0 unspecified atom stereocenters. The van der Waals surface area contributed by atoms with E-state index in [0.717, 1.165) is 0 Å². The van der Waals surface area contributed by atoms with Gasteiger partial charge in [0.2, 0.25) is 5.91 Å². The van der Waals surface area contributed by atoms with Crippen LogP contribution < -0.4 is 5.32 Å². The summed E-state index contributed by atoms with van der Waals surface area (Å²) in [5.41, 5.74) is -0.482. The van der Waals surface area contributed by atoms with E-state index in [-0.39, 0.29) is 12.5 Å². The standard InChI is InChI=1S/C9H14N2O3.C3H8/c1-6(13)10-8-4-7(14-11-8)9(2,3)5-12;1-3-2/h4,12H,5H2,1-3H3,(H,10,11,13);3H2,1-2H3. The van der Waals surface area contributed by atoms with Crippen molar-refractivity contribution in [1.29, 1.82) is 0 Å². The van der Waals surface area contributed by atoms with Crippen LogP contribution in [0.1, 0.15) is 46.8 Å². The van der Waals surface area contributed by atoms with Gasteiger partial charge >= 0.3 is 0 Å². The van der Waals surface area contributed by atoms with Crippen LogP contribution in [-0.4, -0.2) is 22.8 Å². The van der Waals surface area contributed by atoms with Gasteiger partial charge in [0, 0.05) is 18.4 Å². The zero-order valence-electron chi connectivity index (χ0n) is 11.2. The number of aromatic nitrogens is 1. The molecule has 0 fully saturated rings. The quantitative estimate of drug-likeness (QED) is 0.853. The molecule has 1 rings (SSSR count). The normalized spacial score (nSPS) is 10.5. The first-order valence-corrected chi connectivity index (χ1v) is 5.73. The Balaban J connectivity index is 0.000000770. The van der Waals surface area contributed by atoms with Crippen molar-refractivity contribution in [2.45, 2.75) is 46.5 Å². The van der Waals surface area contributed by atoms with E-state index in [2.05, 4.69) is 24.3 Å². The summed E-state index contributed by atoms with van der Waals surface area (Å²) in [5, 5.41) is 15.2. The lowest BCUT2D eigenvalue weighted by molar-refractivity contribution is -0.114. The second-order valence-corrected chi connectivity index (χ2v) is 4.51. The Kier molecular flexibility index (Phi) is 6.50. The fourth-order valence-electron chi connectivity index (χ4n) is 0.911. The van der Waals surface area contributed by atoms with Crippen LogP contribution in [0.4, 0.5) is 5.82 Å². The highest BCUT2D eigenvalue weighted by Crippen LogP contribution is 2.24. The number of nitrogens with zero attached hydrogens (tertiary/aromatic N) is 1. The van der Waals surface area contributed by atoms with Crippen molar-refractivity contribution in [1.82, 2.24) is 5.16 Å². The summed E-state index contributed by atoms with van der Waals surface area (Å²) in [6.07, 6.45) is 1.25. The maximum Gasteiger partial charge on any atom is 0.222 e. The van der Waals surface area contributed by atoms with Crippen molar-refractivity contribution < 1.29 is 14.4 Å². The number of amides is 1. The topological polar surface area (TPSA) is 75.4 Å². The van der Waals surface area contributed by atoms with Crippen LogP contribution in [0.25, 0.3) is 0 Å². The van der Waals surface area contributed by atoms with Gasteiger partial charge in [0.05, 0.1) is 6.61 Å². The molecule has 0 aromatic carbocycles. The third-order valence-corrected chi connectivity index (χ3v) is 1.88. The Hall–Kier alpha value is -1.36. The van der Waals surface area contributed by atoms with Crippen molar-refractivity contribution in [3.05, 3.63) is 11.8 Å². The number of rotatable bonds is 3. The monoisotopic (exact) mass is 242 g/mol. The van der Waals surface area contributed by atoms with E-state index in [4.69, 9.17) is 9.63 Å². The smallest absolute Gasteiger partial charge is 0.222 e. The predicted molar refractivity (Wildman–Crippen MR) is 66.9 cm³/mol. The molecule has 5 nitrogen and oxygen atoms in total. The first-order valence-electron chi connectivity index (χ1n) is 5.73. The lowest BCUT2D eigenvalue weighted by Crippen LogP contribution is -2.21. The molecule has 0 aliphatic rings. The number of carbonyl (C=O) groups excluding carboxylic acids is 1. The lowest BCUT2D eigenvalue weighted by Gasteiger charge is -2.16.